The second kappa shape index (κ2) is 5.86. The molecule has 0 bridgehead atoms. The van der Waals surface area contributed by atoms with Gasteiger partial charge in [0.2, 0.25) is 0 Å². The minimum atomic E-state index is -0.410. The van der Waals surface area contributed by atoms with Crippen molar-refractivity contribution in [1.29, 1.82) is 0 Å². The average Bonchev–Trinajstić information content (AvgIpc) is 1.98. The van der Waals surface area contributed by atoms with Gasteiger partial charge in [-0.05, 0) is 18.8 Å². The SMILES string of the molecule is CCNC(N)=NCC(O)CC(C)(C)C. The van der Waals surface area contributed by atoms with Gasteiger partial charge in [-0.3, -0.25) is 4.99 Å². The number of guanidine groups is 1. The molecule has 1 atom stereocenters. The maximum atomic E-state index is 9.61. The lowest BCUT2D eigenvalue weighted by molar-refractivity contribution is 0.129. The molecule has 0 rings (SSSR count). The van der Waals surface area contributed by atoms with Crippen LogP contribution in [-0.2, 0) is 0 Å². The van der Waals surface area contributed by atoms with Gasteiger partial charge in [-0.15, -0.1) is 0 Å². The van der Waals surface area contributed by atoms with Gasteiger partial charge >= 0.3 is 0 Å². The Morgan fingerprint density at radius 2 is 2.07 bits per heavy atom. The summed E-state index contributed by atoms with van der Waals surface area (Å²) in [5, 5.41) is 12.5. The predicted octanol–water partition coefficient (Wildman–Crippen LogP) is 0.708. The van der Waals surface area contributed by atoms with E-state index in [9.17, 15) is 5.11 Å². The first-order valence-electron chi connectivity index (χ1n) is 5.07. The van der Waals surface area contributed by atoms with Crippen molar-refractivity contribution in [1.82, 2.24) is 5.32 Å². The Morgan fingerprint density at radius 3 is 2.50 bits per heavy atom. The lowest BCUT2D eigenvalue weighted by Crippen LogP contribution is -2.32. The topological polar surface area (TPSA) is 70.6 Å². The van der Waals surface area contributed by atoms with Gasteiger partial charge in [-0.2, -0.15) is 0 Å². The maximum absolute atomic E-state index is 9.61. The quantitative estimate of drug-likeness (QED) is 0.463. The highest BCUT2D eigenvalue weighted by Gasteiger charge is 2.16. The number of aliphatic hydroxyl groups is 1. The molecule has 0 aromatic rings. The Labute approximate surface area is 86.6 Å². The third-order valence-electron chi connectivity index (χ3n) is 1.68. The summed E-state index contributed by atoms with van der Waals surface area (Å²) in [5.41, 5.74) is 5.65. The van der Waals surface area contributed by atoms with Gasteiger partial charge in [0.1, 0.15) is 0 Å². The largest absolute Gasteiger partial charge is 0.391 e. The molecular weight excluding hydrogens is 178 g/mol. The van der Waals surface area contributed by atoms with Crippen LogP contribution in [-0.4, -0.2) is 30.3 Å². The van der Waals surface area contributed by atoms with Gasteiger partial charge in [0.15, 0.2) is 5.96 Å². The standard InChI is InChI=1S/C10H23N3O/c1-5-12-9(11)13-7-8(14)6-10(2,3)4/h8,14H,5-7H2,1-4H3,(H3,11,12,13). The van der Waals surface area contributed by atoms with Crippen molar-refractivity contribution < 1.29 is 5.11 Å². The molecule has 0 aromatic heterocycles. The molecule has 0 heterocycles. The molecule has 0 spiro atoms. The number of nitrogens with zero attached hydrogens (tertiary/aromatic N) is 1. The van der Waals surface area contributed by atoms with Crippen LogP contribution in [0.15, 0.2) is 4.99 Å². The zero-order valence-corrected chi connectivity index (χ0v) is 9.67. The van der Waals surface area contributed by atoms with E-state index in [0.717, 1.165) is 13.0 Å². The second-order valence-corrected chi connectivity index (χ2v) is 4.67. The van der Waals surface area contributed by atoms with Gasteiger partial charge in [0, 0.05) is 6.54 Å². The van der Waals surface area contributed by atoms with Crippen molar-refractivity contribution in [2.45, 2.75) is 40.2 Å². The van der Waals surface area contributed by atoms with E-state index < -0.39 is 6.10 Å². The van der Waals surface area contributed by atoms with Crippen LogP contribution in [0.4, 0.5) is 0 Å². The number of hydrogen-bond donors (Lipinski definition) is 3. The summed E-state index contributed by atoms with van der Waals surface area (Å²) >= 11 is 0. The molecule has 0 saturated carbocycles. The molecular formula is C10H23N3O. The fraction of sp³-hybridized carbons (Fsp3) is 0.900. The number of nitrogens with one attached hydrogen (secondary N) is 1. The summed E-state index contributed by atoms with van der Waals surface area (Å²) in [4.78, 5) is 4.03. The van der Waals surface area contributed by atoms with E-state index in [1.165, 1.54) is 0 Å². The van der Waals surface area contributed by atoms with Crippen LogP contribution in [0.3, 0.4) is 0 Å². The van der Waals surface area contributed by atoms with E-state index in [0.29, 0.717) is 12.5 Å². The molecule has 0 aliphatic heterocycles. The maximum Gasteiger partial charge on any atom is 0.188 e. The molecule has 0 aliphatic rings. The van der Waals surface area contributed by atoms with Gasteiger partial charge in [-0.25, -0.2) is 0 Å². The molecule has 0 fully saturated rings. The Kier molecular flexibility index (Phi) is 5.53. The molecule has 14 heavy (non-hydrogen) atoms. The first-order valence-corrected chi connectivity index (χ1v) is 5.07. The fourth-order valence-electron chi connectivity index (χ4n) is 1.21. The Bertz CT molecular complexity index is 184. The third kappa shape index (κ3) is 7.86. The molecule has 0 aromatic carbocycles. The van der Waals surface area contributed by atoms with Crippen LogP contribution in [0, 0.1) is 5.41 Å². The van der Waals surface area contributed by atoms with E-state index in [2.05, 4.69) is 31.1 Å². The van der Waals surface area contributed by atoms with Gasteiger partial charge in [0.25, 0.3) is 0 Å². The Morgan fingerprint density at radius 1 is 1.50 bits per heavy atom. The highest BCUT2D eigenvalue weighted by molar-refractivity contribution is 5.77. The summed E-state index contributed by atoms with van der Waals surface area (Å²) in [5.74, 6) is 0.403. The lowest BCUT2D eigenvalue weighted by atomic mass is 9.89. The van der Waals surface area contributed by atoms with Gasteiger partial charge in [0.05, 0.1) is 12.6 Å². The molecule has 0 saturated heterocycles. The number of aliphatic hydroxyl groups excluding tert-OH is 1. The first-order chi connectivity index (χ1) is 6.35. The number of hydrogen-bond acceptors (Lipinski definition) is 2. The summed E-state index contributed by atoms with van der Waals surface area (Å²) in [6.45, 7) is 9.35. The highest BCUT2D eigenvalue weighted by Crippen LogP contribution is 2.20. The van der Waals surface area contributed by atoms with E-state index in [4.69, 9.17) is 5.73 Å². The van der Waals surface area contributed by atoms with Crippen LogP contribution in [0.2, 0.25) is 0 Å². The predicted molar refractivity (Wildman–Crippen MR) is 60.2 cm³/mol. The van der Waals surface area contributed by atoms with Crippen molar-refractivity contribution in [2.75, 3.05) is 13.1 Å². The van der Waals surface area contributed by atoms with Crippen LogP contribution in [0.1, 0.15) is 34.1 Å². The van der Waals surface area contributed by atoms with Crippen molar-refractivity contribution in [2.24, 2.45) is 16.1 Å². The Hall–Kier alpha value is -0.770. The van der Waals surface area contributed by atoms with E-state index >= 15 is 0 Å². The first kappa shape index (κ1) is 13.2. The van der Waals surface area contributed by atoms with Crippen molar-refractivity contribution in [3.8, 4) is 0 Å². The van der Waals surface area contributed by atoms with Crippen molar-refractivity contribution >= 4 is 5.96 Å². The molecule has 4 N–H and O–H groups in total. The molecule has 0 radical (unpaired) electrons. The molecule has 4 heteroatoms. The fourth-order valence-corrected chi connectivity index (χ4v) is 1.21. The van der Waals surface area contributed by atoms with E-state index in [1.807, 2.05) is 6.92 Å². The summed E-state index contributed by atoms with van der Waals surface area (Å²) in [6.07, 6.45) is 0.322. The summed E-state index contributed by atoms with van der Waals surface area (Å²) in [7, 11) is 0. The van der Waals surface area contributed by atoms with Crippen LogP contribution in [0.5, 0.6) is 0 Å². The third-order valence-corrected chi connectivity index (χ3v) is 1.68. The molecule has 1 unspecified atom stereocenters. The van der Waals surface area contributed by atoms with E-state index in [-0.39, 0.29) is 5.41 Å². The van der Waals surface area contributed by atoms with Crippen LogP contribution in [0.25, 0.3) is 0 Å². The van der Waals surface area contributed by atoms with Gasteiger partial charge < -0.3 is 16.2 Å². The normalized spacial score (nSPS) is 15.4. The zero-order chi connectivity index (χ0) is 11.2. The molecule has 0 amide bonds. The average molecular weight is 201 g/mol. The molecule has 4 nitrogen and oxygen atoms in total. The number of nitrogens with two attached hydrogens (primary N) is 1. The highest BCUT2D eigenvalue weighted by atomic mass is 16.3. The van der Waals surface area contributed by atoms with E-state index in [1.54, 1.807) is 0 Å². The zero-order valence-electron chi connectivity index (χ0n) is 9.67. The Balaban J connectivity index is 3.84. The second-order valence-electron chi connectivity index (χ2n) is 4.67. The van der Waals surface area contributed by atoms with Crippen molar-refractivity contribution in [3.05, 3.63) is 0 Å². The summed E-state index contributed by atoms with van der Waals surface area (Å²) in [6, 6.07) is 0. The number of aliphatic imine (C=N–C) groups is 1. The summed E-state index contributed by atoms with van der Waals surface area (Å²) < 4.78 is 0. The van der Waals surface area contributed by atoms with Crippen molar-refractivity contribution in [3.63, 3.8) is 0 Å². The minimum absolute atomic E-state index is 0.127. The van der Waals surface area contributed by atoms with Crippen LogP contribution < -0.4 is 11.1 Å². The minimum Gasteiger partial charge on any atom is -0.391 e. The lowest BCUT2D eigenvalue weighted by Gasteiger charge is -2.21. The molecule has 0 aliphatic carbocycles. The molecule has 84 valence electrons. The smallest absolute Gasteiger partial charge is 0.188 e. The van der Waals surface area contributed by atoms with Gasteiger partial charge in [-0.1, -0.05) is 20.8 Å². The van der Waals surface area contributed by atoms with Crippen LogP contribution >= 0.6 is 0 Å². The monoisotopic (exact) mass is 201 g/mol. The number of rotatable bonds is 4.